The van der Waals surface area contributed by atoms with E-state index in [2.05, 4.69) is 25.0 Å². The highest BCUT2D eigenvalue weighted by molar-refractivity contribution is 6.76. The van der Waals surface area contributed by atoms with E-state index < -0.39 is 8.07 Å². The predicted octanol–water partition coefficient (Wildman–Crippen LogP) is 4.69. The number of hydrogen-bond acceptors (Lipinski definition) is 6. The third kappa shape index (κ3) is 6.11. The van der Waals surface area contributed by atoms with Gasteiger partial charge in [0.05, 0.1) is 18.7 Å². The lowest BCUT2D eigenvalue weighted by Crippen LogP contribution is -2.40. The molecule has 0 atom stereocenters. The summed E-state index contributed by atoms with van der Waals surface area (Å²) >= 11 is 0. The average Bonchev–Trinajstić information content (AvgIpc) is 3.22. The lowest BCUT2D eigenvalue weighted by atomic mass is 9.96. The minimum absolute atomic E-state index is 0.280. The van der Waals surface area contributed by atoms with E-state index in [0.717, 1.165) is 37.3 Å². The molecule has 0 unspecified atom stereocenters. The van der Waals surface area contributed by atoms with Crippen LogP contribution in [0.4, 0.5) is 5.95 Å². The monoisotopic (exact) mass is 539 g/mol. The van der Waals surface area contributed by atoms with Gasteiger partial charge in [-0.15, -0.1) is 0 Å². The van der Waals surface area contributed by atoms with Crippen LogP contribution in [-0.4, -0.2) is 45.4 Å². The number of aryl methyl sites for hydroxylation is 1. The number of nitrogens with one attached hydrogen (secondary N) is 1. The Morgan fingerprint density at radius 2 is 1.66 bits per heavy atom. The van der Waals surface area contributed by atoms with E-state index in [0.29, 0.717) is 48.9 Å². The van der Waals surface area contributed by atoms with Gasteiger partial charge in [-0.3, -0.25) is 18.5 Å². The third-order valence-corrected chi connectivity index (χ3v) is 9.00. The molecule has 0 spiro atoms. The van der Waals surface area contributed by atoms with Crippen LogP contribution in [0.1, 0.15) is 61.9 Å². The molecule has 1 fully saturated rings. The first kappa shape index (κ1) is 27.9. The van der Waals surface area contributed by atoms with Gasteiger partial charge in [-0.1, -0.05) is 51.0 Å². The van der Waals surface area contributed by atoms with Gasteiger partial charge in [-0.2, -0.15) is 4.98 Å². The number of carbonyl (C=O) groups excluding carboxylic acids is 1. The van der Waals surface area contributed by atoms with Crippen LogP contribution in [0.5, 0.6) is 0 Å². The van der Waals surface area contributed by atoms with Crippen LogP contribution in [-0.2, 0) is 24.4 Å². The van der Waals surface area contributed by atoms with Crippen molar-refractivity contribution < 1.29 is 9.53 Å². The van der Waals surface area contributed by atoms with E-state index in [9.17, 15) is 14.4 Å². The van der Waals surface area contributed by atoms with Crippen molar-refractivity contribution >= 4 is 31.2 Å². The Labute approximate surface area is 224 Å². The topological polar surface area (TPSA) is 100 Å². The molecular weight excluding hydrogens is 498 g/mol. The number of hydrogen-bond donors (Lipinski definition) is 1. The van der Waals surface area contributed by atoms with Crippen LogP contribution in [0.25, 0.3) is 11.2 Å². The number of benzene rings is 1. The van der Waals surface area contributed by atoms with Crippen molar-refractivity contribution in [1.29, 1.82) is 0 Å². The van der Waals surface area contributed by atoms with Gasteiger partial charge in [0, 0.05) is 27.2 Å². The summed E-state index contributed by atoms with van der Waals surface area (Å²) in [6, 6.07) is 8.53. The molecule has 1 aromatic carbocycles. The standard InChI is InChI=1S/C28H41N5O4Si/c1-6-31-24-23(25(34)32(7-2)28(31)36)33(27(30-24)29-22-11-9-8-10-12-22)19-20-13-15-21(16-14-20)26(35)37-17-18-38(3,4)5/h13-16,22H,6-12,17-19H2,1-5H3,(H,29,30). The summed E-state index contributed by atoms with van der Waals surface area (Å²) in [5.74, 6) is 0.287. The molecule has 4 rings (SSSR count). The maximum Gasteiger partial charge on any atom is 0.338 e. The summed E-state index contributed by atoms with van der Waals surface area (Å²) in [4.78, 5) is 43.8. The van der Waals surface area contributed by atoms with Gasteiger partial charge in [-0.05, 0) is 50.4 Å². The van der Waals surface area contributed by atoms with E-state index >= 15 is 0 Å². The van der Waals surface area contributed by atoms with Crippen LogP contribution in [0.2, 0.25) is 25.7 Å². The minimum Gasteiger partial charge on any atom is -0.462 e. The molecule has 2 heterocycles. The largest absolute Gasteiger partial charge is 0.462 e. The zero-order valence-corrected chi connectivity index (χ0v) is 24.4. The van der Waals surface area contributed by atoms with Crippen LogP contribution in [0, 0.1) is 0 Å². The summed E-state index contributed by atoms with van der Waals surface area (Å²) in [5.41, 5.74) is 1.59. The van der Waals surface area contributed by atoms with Crippen molar-refractivity contribution in [1.82, 2.24) is 18.7 Å². The van der Waals surface area contributed by atoms with Gasteiger partial charge in [0.15, 0.2) is 11.2 Å². The predicted molar refractivity (Wildman–Crippen MR) is 154 cm³/mol. The Bertz CT molecular complexity index is 1390. The first-order valence-corrected chi connectivity index (χ1v) is 17.6. The van der Waals surface area contributed by atoms with E-state index in [1.165, 1.54) is 11.0 Å². The Balaban J connectivity index is 1.68. The van der Waals surface area contributed by atoms with E-state index in [1.54, 1.807) is 23.6 Å². The Kier molecular flexibility index (Phi) is 8.60. The molecule has 0 aliphatic heterocycles. The molecule has 38 heavy (non-hydrogen) atoms. The molecule has 0 bridgehead atoms. The van der Waals surface area contributed by atoms with Crippen molar-refractivity contribution in [3.05, 3.63) is 56.2 Å². The summed E-state index contributed by atoms with van der Waals surface area (Å²) in [6.07, 6.45) is 5.67. The Morgan fingerprint density at radius 3 is 2.26 bits per heavy atom. The zero-order chi connectivity index (χ0) is 27.4. The maximum absolute atomic E-state index is 13.5. The van der Waals surface area contributed by atoms with Crippen molar-refractivity contribution in [2.24, 2.45) is 0 Å². The van der Waals surface area contributed by atoms with Crippen LogP contribution in [0.15, 0.2) is 33.9 Å². The fourth-order valence-electron chi connectivity index (χ4n) is 5.01. The molecule has 1 saturated carbocycles. The van der Waals surface area contributed by atoms with Crippen LogP contribution in [0.3, 0.4) is 0 Å². The van der Waals surface area contributed by atoms with Crippen LogP contribution >= 0.6 is 0 Å². The highest BCUT2D eigenvalue weighted by atomic mass is 28.3. The van der Waals surface area contributed by atoms with Crippen molar-refractivity contribution in [3.63, 3.8) is 0 Å². The van der Waals surface area contributed by atoms with Gasteiger partial charge in [-0.25, -0.2) is 9.59 Å². The van der Waals surface area contributed by atoms with Gasteiger partial charge >= 0.3 is 11.7 Å². The van der Waals surface area contributed by atoms with Gasteiger partial charge < -0.3 is 10.1 Å². The number of carbonyl (C=O) groups is 1. The fraction of sp³-hybridized carbons (Fsp3) is 0.571. The molecule has 206 valence electrons. The lowest BCUT2D eigenvalue weighted by molar-refractivity contribution is 0.0525. The van der Waals surface area contributed by atoms with Crippen molar-refractivity contribution in [2.45, 2.75) is 97.3 Å². The second-order valence-electron chi connectivity index (χ2n) is 11.4. The zero-order valence-electron chi connectivity index (χ0n) is 23.4. The molecule has 10 heteroatoms. The molecule has 1 aliphatic rings. The number of aromatic nitrogens is 4. The van der Waals surface area contributed by atoms with Gasteiger partial charge in [0.25, 0.3) is 5.56 Å². The maximum atomic E-state index is 13.5. The number of nitrogens with zero attached hydrogens (tertiary/aromatic N) is 4. The van der Waals surface area contributed by atoms with E-state index in [1.807, 2.05) is 23.6 Å². The van der Waals surface area contributed by atoms with Crippen LogP contribution < -0.4 is 16.6 Å². The van der Waals surface area contributed by atoms with Crippen molar-refractivity contribution in [3.8, 4) is 0 Å². The van der Waals surface area contributed by atoms with Gasteiger partial charge in [0.2, 0.25) is 5.95 Å². The quantitative estimate of drug-likeness (QED) is 0.296. The highest BCUT2D eigenvalue weighted by Gasteiger charge is 2.23. The lowest BCUT2D eigenvalue weighted by Gasteiger charge is -2.23. The summed E-state index contributed by atoms with van der Waals surface area (Å²) in [5, 5.41) is 3.58. The molecular formula is C28H41N5O4Si. The third-order valence-electron chi connectivity index (χ3n) is 7.30. The summed E-state index contributed by atoms with van der Waals surface area (Å²) < 4.78 is 10.2. The molecule has 1 N–H and O–H groups in total. The molecule has 3 aromatic rings. The fourth-order valence-corrected chi connectivity index (χ4v) is 5.72. The first-order valence-electron chi connectivity index (χ1n) is 13.9. The second-order valence-corrected chi connectivity index (χ2v) is 17.0. The summed E-state index contributed by atoms with van der Waals surface area (Å²) in [6.45, 7) is 12.0. The Morgan fingerprint density at radius 1 is 1.00 bits per heavy atom. The van der Waals surface area contributed by atoms with E-state index in [-0.39, 0.29) is 23.3 Å². The number of ether oxygens (including phenoxy) is 1. The van der Waals surface area contributed by atoms with Crippen molar-refractivity contribution in [2.75, 3.05) is 11.9 Å². The second kappa shape index (κ2) is 11.7. The average molecular weight is 540 g/mol. The normalized spacial score (nSPS) is 14.7. The molecule has 0 amide bonds. The smallest absolute Gasteiger partial charge is 0.338 e. The first-order chi connectivity index (χ1) is 18.1. The molecule has 0 radical (unpaired) electrons. The molecule has 1 aliphatic carbocycles. The number of imidazole rings is 1. The number of fused-ring (bicyclic) bond motifs is 1. The highest BCUT2D eigenvalue weighted by Crippen LogP contribution is 2.24. The molecule has 0 saturated heterocycles. The molecule has 2 aromatic heterocycles. The van der Waals surface area contributed by atoms with Gasteiger partial charge in [0.1, 0.15) is 0 Å². The Hall–Kier alpha value is -3.14. The number of esters is 1. The van der Waals surface area contributed by atoms with E-state index in [4.69, 9.17) is 9.72 Å². The number of rotatable bonds is 10. The number of anilines is 1. The molecule has 9 nitrogen and oxygen atoms in total. The minimum atomic E-state index is -1.28. The SMILES string of the molecule is CCn1c(=O)c2c(nc(NC3CCCCC3)n2Cc2ccc(C(=O)OCC[Si](C)(C)C)cc2)n(CC)c1=O. The summed E-state index contributed by atoms with van der Waals surface area (Å²) in [7, 11) is -1.28.